The van der Waals surface area contributed by atoms with Crippen molar-refractivity contribution in [1.29, 1.82) is 0 Å². The summed E-state index contributed by atoms with van der Waals surface area (Å²) in [6.07, 6.45) is 5.81. The van der Waals surface area contributed by atoms with Crippen LogP contribution in [0.15, 0.2) is 67.3 Å². The molecule has 2 heterocycles. The summed E-state index contributed by atoms with van der Waals surface area (Å²) in [5, 5.41) is 15.9. The molecule has 3 N–H and O–H groups in total. The van der Waals surface area contributed by atoms with E-state index in [0.29, 0.717) is 12.2 Å². The first-order valence-electron chi connectivity index (χ1n) is 10.2. The molecule has 0 fully saturated rings. The van der Waals surface area contributed by atoms with Gasteiger partial charge >= 0.3 is 6.03 Å². The maximum Gasteiger partial charge on any atom is 0.319 e. The van der Waals surface area contributed by atoms with E-state index >= 15 is 0 Å². The van der Waals surface area contributed by atoms with Crippen molar-refractivity contribution < 1.29 is 9.90 Å². The number of urea groups is 1. The number of amides is 2. The van der Waals surface area contributed by atoms with Gasteiger partial charge in [0.2, 0.25) is 0 Å². The van der Waals surface area contributed by atoms with Gasteiger partial charge in [-0.1, -0.05) is 36.4 Å². The second kappa shape index (κ2) is 9.56. The fourth-order valence-electron chi connectivity index (χ4n) is 3.74. The highest BCUT2D eigenvalue weighted by Crippen LogP contribution is 2.18. The van der Waals surface area contributed by atoms with Gasteiger partial charge in [-0.25, -0.2) is 9.78 Å². The normalized spacial score (nSPS) is 14.7. The van der Waals surface area contributed by atoms with E-state index in [1.54, 1.807) is 12.5 Å². The fraction of sp³-hybridized carbons (Fsp3) is 0.304. The van der Waals surface area contributed by atoms with Gasteiger partial charge in [0.1, 0.15) is 0 Å². The first kappa shape index (κ1) is 20.1. The number of nitrogens with zero attached hydrogens (tertiary/aromatic N) is 3. The fourth-order valence-corrected chi connectivity index (χ4v) is 3.74. The average molecular weight is 406 g/mol. The van der Waals surface area contributed by atoms with Crippen molar-refractivity contribution in [1.82, 2.24) is 19.8 Å². The maximum atomic E-state index is 12.2. The van der Waals surface area contributed by atoms with E-state index in [9.17, 15) is 9.90 Å². The molecule has 156 valence electrons. The smallest absolute Gasteiger partial charge is 0.319 e. The van der Waals surface area contributed by atoms with Crippen LogP contribution < -0.4 is 10.6 Å². The Kier molecular flexibility index (Phi) is 6.41. The van der Waals surface area contributed by atoms with E-state index in [1.165, 1.54) is 11.1 Å². The van der Waals surface area contributed by atoms with E-state index in [2.05, 4.69) is 44.8 Å². The first-order valence-corrected chi connectivity index (χ1v) is 10.2. The van der Waals surface area contributed by atoms with Gasteiger partial charge in [-0.15, -0.1) is 0 Å². The van der Waals surface area contributed by atoms with Gasteiger partial charge in [-0.3, -0.25) is 4.90 Å². The van der Waals surface area contributed by atoms with Crippen LogP contribution in [-0.4, -0.2) is 51.3 Å². The highest BCUT2D eigenvalue weighted by Gasteiger charge is 2.18. The van der Waals surface area contributed by atoms with Crippen LogP contribution in [0.1, 0.15) is 16.7 Å². The second-order valence-corrected chi connectivity index (χ2v) is 7.67. The zero-order chi connectivity index (χ0) is 20.8. The monoisotopic (exact) mass is 405 g/mol. The van der Waals surface area contributed by atoms with Gasteiger partial charge in [-0.2, -0.15) is 0 Å². The number of rotatable bonds is 7. The number of hydrogen-bond donors (Lipinski definition) is 3. The Morgan fingerprint density at radius 3 is 2.70 bits per heavy atom. The van der Waals surface area contributed by atoms with Crippen molar-refractivity contribution in [3.8, 4) is 0 Å². The predicted molar refractivity (Wildman–Crippen MR) is 116 cm³/mol. The van der Waals surface area contributed by atoms with Crippen molar-refractivity contribution in [3.63, 3.8) is 0 Å². The summed E-state index contributed by atoms with van der Waals surface area (Å²) < 4.78 is 1.98. The number of benzene rings is 2. The summed E-state index contributed by atoms with van der Waals surface area (Å²) in [5.74, 6) is 0. The molecule has 0 aliphatic carbocycles. The molecular weight excluding hydrogens is 378 g/mol. The van der Waals surface area contributed by atoms with Crippen LogP contribution in [-0.2, 0) is 19.5 Å². The Hall–Kier alpha value is -3.16. The number of aliphatic hydroxyl groups excluding tert-OH is 1. The molecular formula is C23H27N5O2. The van der Waals surface area contributed by atoms with Crippen LogP contribution in [0, 0.1) is 0 Å². The standard InChI is InChI=1S/C23H27N5O2/c29-22(16-27-11-9-19-3-1-2-4-20(19)15-27)13-25-23(30)26-21-7-5-18(6-8-21)14-28-12-10-24-17-28/h1-8,10,12,17,22,29H,9,11,13-16H2,(H2,25,26,30). The minimum atomic E-state index is -0.612. The number of β-amino-alcohol motifs (C(OH)–C–C–N with tert-alkyl or cyclic N) is 1. The van der Waals surface area contributed by atoms with Crippen LogP contribution in [0.2, 0.25) is 0 Å². The topological polar surface area (TPSA) is 82.4 Å². The Bertz CT molecular complexity index is 956. The van der Waals surface area contributed by atoms with Crippen LogP contribution >= 0.6 is 0 Å². The summed E-state index contributed by atoms with van der Waals surface area (Å²) in [4.78, 5) is 18.4. The van der Waals surface area contributed by atoms with E-state index in [1.807, 2.05) is 35.0 Å². The molecule has 0 bridgehead atoms. The third-order valence-corrected chi connectivity index (χ3v) is 5.31. The molecule has 0 spiro atoms. The summed E-state index contributed by atoms with van der Waals surface area (Å²) in [6, 6.07) is 15.8. The van der Waals surface area contributed by atoms with Crippen molar-refractivity contribution in [2.24, 2.45) is 0 Å². The van der Waals surface area contributed by atoms with Crippen molar-refractivity contribution >= 4 is 11.7 Å². The van der Waals surface area contributed by atoms with Gasteiger partial charge in [0, 0.05) is 50.8 Å². The Balaban J connectivity index is 1.19. The van der Waals surface area contributed by atoms with Crippen LogP contribution in [0.3, 0.4) is 0 Å². The molecule has 1 aliphatic heterocycles. The third-order valence-electron chi connectivity index (χ3n) is 5.31. The van der Waals surface area contributed by atoms with Gasteiger partial charge < -0.3 is 20.3 Å². The highest BCUT2D eigenvalue weighted by molar-refractivity contribution is 5.89. The highest BCUT2D eigenvalue weighted by atomic mass is 16.3. The third kappa shape index (κ3) is 5.46. The van der Waals surface area contributed by atoms with E-state index in [-0.39, 0.29) is 12.6 Å². The molecule has 1 aromatic heterocycles. The molecule has 3 aromatic rings. The zero-order valence-electron chi connectivity index (χ0n) is 16.9. The molecule has 7 nitrogen and oxygen atoms in total. The lowest BCUT2D eigenvalue weighted by Crippen LogP contribution is -2.42. The van der Waals surface area contributed by atoms with Crippen molar-refractivity contribution in [2.45, 2.75) is 25.6 Å². The molecule has 30 heavy (non-hydrogen) atoms. The summed E-state index contributed by atoms with van der Waals surface area (Å²) >= 11 is 0. The molecule has 7 heteroatoms. The molecule has 1 atom stereocenters. The predicted octanol–water partition coefficient (Wildman–Crippen LogP) is 2.47. The van der Waals surface area contributed by atoms with Gasteiger partial charge in [0.15, 0.2) is 0 Å². The van der Waals surface area contributed by atoms with Crippen molar-refractivity contribution in [2.75, 3.05) is 25.0 Å². The number of fused-ring (bicyclic) bond motifs is 1. The Morgan fingerprint density at radius 2 is 1.93 bits per heavy atom. The van der Waals surface area contributed by atoms with Gasteiger partial charge in [-0.05, 0) is 35.2 Å². The van der Waals surface area contributed by atoms with E-state index < -0.39 is 6.10 Å². The number of imidazole rings is 1. The molecule has 0 radical (unpaired) electrons. The minimum Gasteiger partial charge on any atom is -0.390 e. The van der Waals surface area contributed by atoms with Crippen molar-refractivity contribution in [3.05, 3.63) is 83.9 Å². The zero-order valence-corrected chi connectivity index (χ0v) is 16.9. The molecule has 1 unspecified atom stereocenters. The molecule has 0 saturated carbocycles. The lowest BCUT2D eigenvalue weighted by atomic mass is 10.00. The number of carbonyl (C=O) groups is 1. The lowest BCUT2D eigenvalue weighted by molar-refractivity contribution is 0.106. The number of aliphatic hydroxyl groups is 1. The average Bonchev–Trinajstić information content (AvgIpc) is 3.27. The summed E-state index contributed by atoms with van der Waals surface area (Å²) in [7, 11) is 0. The molecule has 2 amide bonds. The molecule has 0 saturated heterocycles. The van der Waals surface area contributed by atoms with Gasteiger partial charge in [0.05, 0.1) is 12.4 Å². The van der Waals surface area contributed by atoms with Crippen LogP contribution in [0.5, 0.6) is 0 Å². The lowest BCUT2D eigenvalue weighted by Gasteiger charge is -2.30. The SMILES string of the molecule is O=C(NCC(O)CN1CCc2ccccc2C1)Nc1ccc(Cn2ccnc2)cc1. The maximum absolute atomic E-state index is 12.2. The number of hydrogen-bond acceptors (Lipinski definition) is 4. The van der Waals surface area contributed by atoms with E-state index in [4.69, 9.17) is 0 Å². The van der Waals surface area contributed by atoms with Crippen LogP contribution in [0.25, 0.3) is 0 Å². The number of carbonyl (C=O) groups excluding carboxylic acids is 1. The number of nitrogens with one attached hydrogen (secondary N) is 2. The van der Waals surface area contributed by atoms with Gasteiger partial charge in [0.25, 0.3) is 0 Å². The van der Waals surface area contributed by atoms with E-state index in [0.717, 1.165) is 31.6 Å². The Morgan fingerprint density at radius 1 is 1.13 bits per heavy atom. The van der Waals surface area contributed by atoms with Crippen LogP contribution in [0.4, 0.5) is 10.5 Å². The minimum absolute atomic E-state index is 0.211. The molecule has 2 aromatic carbocycles. The second-order valence-electron chi connectivity index (χ2n) is 7.67. The quantitative estimate of drug-likeness (QED) is 0.564. The molecule has 4 rings (SSSR count). The largest absolute Gasteiger partial charge is 0.390 e. The Labute approximate surface area is 176 Å². The number of anilines is 1. The first-order chi connectivity index (χ1) is 14.7. The summed E-state index contributed by atoms with van der Waals surface area (Å²) in [6.45, 7) is 3.25. The molecule has 1 aliphatic rings. The summed E-state index contributed by atoms with van der Waals surface area (Å²) in [5.41, 5.74) is 4.54. The number of aromatic nitrogens is 2.